The van der Waals surface area contributed by atoms with Crippen molar-refractivity contribution < 1.29 is 9.18 Å². The number of benzene rings is 2. The van der Waals surface area contributed by atoms with Crippen LogP contribution in [0.1, 0.15) is 57.9 Å². The van der Waals surface area contributed by atoms with E-state index < -0.39 is 0 Å². The first kappa shape index (κ1) is 22.6. The van der Waals surface area contributed by atoms with E-state index in [-0.39, 0.29) is 11.7 Å². The van der Waals surface area contributed by atoms with Crippen LogP contribution < -0.4 is 5.43 Å². The van der Waals surface area contributed by atoms with Crippen molar-refractivity contribution >= 4 is 17.3 Å². The van der Waals surface area contributed by atoms with E-state index in [1.807, 2.05) is 35.2 Å². The number of anilines is 1. The number of halogens is 1. The lowest BCUT2D eigenvalue weighted by molar-refractivity contribution is -0.131. The number of carbonyl (C=O) groups is 1. The van der Waals surface area contributed by atoms with Crippen molar-refractivity contribution in [3.63, 3.8) is 0 Å². The Morgan fingerprint density at radius 1 is 0.931 bits per heavy atom. The van der Waals surface area contributed by atoms with Gasteiger partial charge >= 0.3 is 0 Å². The Hall–Kier alpha value is -2.69. The van der Waals surface area contributed by atoms with Crippen LogP contribution in [0.15, 0.2) is 59.7 Å². The Morgan fingerprint density at radius 3 is 2.14 bits per heavy atom. The van der Waals surface area contributed by atoms with Gasteiger partial charge in [-0.05, 0) is 42.7 Å². The molecule has 0 fully saturated rings. The number of nitrogens with one attached hydrogen (secondary N) is 1. The van der Waals surface area contributed by atoms with Gasteiger partial charge < -0.3 is 4.90 Å². The Bertz CT molecular complexity index is 751. The van der Waals surface area contributed by atoms with Gasteiger partial charge in [0.1, 0.15) is 5.82 Å². The summed E-state index contributed by atoms with van der Waals surface area (Å²) < 4.78 is 13.3. The molecule has 0 saturated carbocycles. The number of amides is 1. The molecule has 0 aromatic heterocycles. The lowest BCUT2D eigenvalue weighted by atomic mass is 10.0. The SMILES string of the molecule is CCCCN(CCCC)C(=O)CC/C(=N/Nc1ccccc1)c1ccc(F)cc1. The molecule has 0 aliphatic rings. The first-order valence-corrected chi connectivity index (χ1v) is 10.5. The number of hydrazone groups is 1. The second-order valence-corrected chi connectivity index (χ2v) is 7.13. The molecule has 1 amide bonds. The third kappa shape index (κ3) is 8.06. The Kier molecular flexibility index (Phi) is 9.90. The second kappa shape index (κ2) is 12.7. The van der Waals surface area contributed by atoms with Crippen LogP contribution in [-0.4, -0.2) is 29.6 Å². The van der Waals surface area contributed by atoms with Crippen LogP contribution in [0.4, 0.5) is 10.1 Å². The van der Waals surface area contributed by atoms with Crippen LogP contribution in [-0.2, 0) is 4.79 Å². The van der Waals surface area contributed by atoms with Crippen LogP contribution in [0.5, 0.6) is 0 Å². The minimum atomic E-state index is -0.287. The summed E-state index contributed by atoms with van der Waals surface area (Å²) in [5, 5.41) is 4.52. The molecule has 0 atom stereocenters. The van der Waals surface area contributed by atoms with E-state index in [0.29, 0.717) is 12.8 Å². The molecule has 0 saturated heterocycles. The first-order chi connectivity index (χ1) is 14.1. The van der Waals surface area contributed by atoms with Gasteiger partial charge in [-0.25, -0.2) is 4.39 Å². The molecule has 2 rings (SSSR count). The van der Waals surface area contributed by atoms with E-state index in [0.717, 1.165) is 55.7 Å². The second-order valence-electron chi connectivity index (χ2n) is 7.13. The number of hydrogen-bond acceptors (Lipinski definition) is 3. The van der Waals surface area contributed by atoms with Crippen LogP contribution >= 0.6 is 0 Å². The quantitative estimate of drug-likeness (QED) is 0.361. The molecule has 0 heterocycles. The minimum Gasteiger partial charge on any atom is -0.343 e. The summed E-state index contributed by atoms with van der Waals surface area (Å²) in [6.07, 6.45) is 5.06. The molecular weight excluding hydrogens is 365 g/mol. The monoisotopic (exact) mass is 397 g/mol. The van der Waals surface area contributed by atoms with Crippen molar-refractivity contribution in [2.24, 2.45) is 5.10 Å². The van der Waals surface area contributed by atoms with Crippen molar-refractivity contribution in [3.05, 3.63) is 66.0 Å². The highest BCUT2D eigenvalue weighted by Crippen LogP contribution is 2.13. The Balaban J connectivity index is 2.09. The lowest BCUT2D eigenvalue weighted by Crippen LogP contribution is -2.33. The number of para-hydroxylation sites is 1. The highest BCUT2D eigenvalue weighted by molar-refractivity contribution is 6.02. The van der Waals surface area contributed by atoms with Crippen molar-refractivity contribution in [1.29, 1.82) is 0 Å². The predicted molar refractivity (Wildman–Crippen MR) is 119 cm³/mol. The standard InChI is InChI=1S/C24H32FN3O/c1-3-5-18-28(19-6-4-2)24(29)17-16-23(20-12-14-21(25)15-13-20)27-26-22-10-8-7-9-11-22/h7-15,26H,3-6,16-19H2,1-2H3/b27-23-. The van der Waals surface area contributed by atoms with Gasteiger partial charge in [0.15, 0.2) is 0 Å². The zero-order valence-corrected chi connectivity index (χ0v) is 17.5. The van der Waals surface area contributed by atoms with Gasteiger partial charge in [-0.3, -0.25) is 10.2 Å². The molecule has 0 aliphatic carbocycles. The molecule has 0 bridgehead atoms. The largest absolute Gasteiger partial charge is 0.343 e. The first-order valence-electron chi connectivity index (χ1n) is 10.5. The van der Waals surface area contributed by atoms with Gasteiger partial charge in [-0.15, -0.1) is 0 Å². The van der Waals surface area contributed by atoms with E-state index in [1.54, 1.807) is 12.1 Å². The van der Waals surface area contributed by atoms with Gasteiger partial charge in [0.25, 0.3) is 0 Å². The number of hydrogen-bond donors (Lipinski definition) is 1. The zero-order chi connectivity index (χ0) is 20.9. The molecule has 4 nitrogen and oxygen atoms in total. The van der Waals surface area contributed by atoms with E-state index in [1.165, 1.54) is 12.1 Å². The average molecular weight is 398 g/mol. The highest BCUT2D eigenvalue weighted by Gasteiger charge is 2.15. The van der Waals surface area contributed by atoms with Gasteiger partial charge in [0.2, 0.25) is 5.91 Å². The normalized spacial score (nSPS) is 11.3. The fourth-order valence-corrected chi connectivity index (χ4v) is 2.99. The molecule has 29 heavy (non-hydrogen) atoms. The fraction of sp³-hybridized carbons (Fsp3) is 0.417. The van der Waals surface area contributed by atoms with Crippen molar-refractivity contribution in [3.8, 4) is 0 Å². The lowest BCUT2D eigenvalue weighted by Gasteiger charge is -2.22. The van der Waals surface area contributed by atoms with Crippen molar-refractivity contribution in [1.82, 2.24) is 4.90 Å². The minimum absolute atomic E-state index is 0.154. The molecule has 2 aromatic carbocycles. The summed E-state index contributed by atoms with van der Waals surface area (Å²) in [5.74, 6) is -0.132. The summed E-state index contributed by atoms with van der Waals surface area (Å²) in [7, 11) is 0. The molecular formula is C24H32FN3O. The number of rotatable bonds is 12. The number of carbonyl (C=O) groups excluding carboxylic acids is 1. The summed E-state index contributed by atoms with van der Waals surface area (Å²) >= 11 is 0. The van der Waals surface area contributed by atoms with E-state index in [2.05, 4.69) is 24.4 Å². The highest BCUT2D eigenvalue weighted by atomic mass is 19.1. The maximum absolute atomic E-state index is 13.3. The molecule has 0 spiro atoms. The average Bonchev–Trinajstić information content (AvgIpc) is 2.75. The third-order valence-corrected chi connectivity index (χ3v) is 4.76. The summed E-state index contributed by atoms with van der Waals surface area (Å²) in [4.78, 5) is 14.8. The summed E-state index contributed by atoms with van der Waals surface area (Å²) in [6, 6.07) is 15.9. The van der Waals surface area contributed by atoms with Gasteiger partial charge in [0, 0.05) is 25.9 Å². The molecule has 0 radical (unpaired) electrons. The topological polar surface area (TPSA) is 44.7 Å². The maximum atomic E-state index is 13.3. The van der Waals surface area contributed by atoms with Gasteiger partial charge in [0.05, 0.1) is 11.4 Å². The van der Waals surface area contributed by atoms with Crippen molar-refractivity contribution in [2.75, 3.05) is 18.5 Å². The van der Waals surface area contributed by atoms with E-state index in [9.17, 15) is 9.18 Å². The smallest absolute Gasteiger partial charge is 0.222 e. The Labute approximate surface area is 173 Å². The van der Waals surface area contributed by atoms with E-state index >= 15 is 0 Å². The summed E-state index contributed by atoms with van der Waals surface area (Å²) in [6.45, 7) is 5.88. The van der Waals surface area contributed by atoms with Crippen LogP contribution in [0.25, 0.3) is 0 Å². The fourth-order valence-electron chi connectivity index (χ4n) is 2.99. The van der Waals surface area contributed by atoms with Gasteiger partial charge in [-0.1, -0.05) is 57.0 Å². The predicted octanol–water partition coefficient (Wildman–Crippen LogP) is 5.85. The van der Waals surface area contributed by atoms with Crippen LogP contribution in [0, 0.1) is 5.82 Å². The molecule has 1 N–H and O–H groups in total. The van der Waals surface area contributed by atoms with E-state index in [4.69, 9.17) is 0 Å². The number of nitrogens with zero attached hydrogens (tertiary/aromatic N) is 2. The van der Waals surface area contributed by atoms with Crippen LogP contribution in [0.2, 0.25) is 0 Å². The van der Waals surface area contributed by atoms with Gasteiger partial charge in [-0.2, -0.15) is 5.10 Å². The molecule has 0 aliphatic heterocycles. The molecule has 156 valence electrons. The third-order valence-electron chi connectivity index (χ3n) is 4.76. The molecule has 5 heteroatoms. The summed E-state index contributed by atoms with van der Waals surface area (Å²) in [5.41, 5.74) is 5.47. The number of unbranched alkanes of at least 4 members (excludes halogenated alkanes) is 2. The molecule has 0 unspecified atom stereocenters. The molecule has 2 aromatic rings. The van der Waals surface area contributed by atoms with Crippen LogP contribution in [0.3, 0.4) is 0 Å². The Morgan fingerprint density at radius 2 is 1.55 bits per heavy atom. The zero-order valence-electron chi connectivity index (χ0n) is 17.5. The van der Waals surface area contributed by atoms with Crippen molar-refractivity contribution in [2.45, 2.75) is 52.4 Å². The maximum Gasteiger partial charge on any atom is 0.222 e.